The number of methoxy groups -OCH3 is 1. The Hall–Kier alpha value is -1.50. The lowest BCUT2D eigenvalue weighted by Gasteiger charge is -2.45. The van der Waals surface area contributed by atoms with E-state index in [2.05, 4.69) is 4.90 Å². The monoisotopic (exact) mass is 324 g/mol. The molecule has 0 aliphatic carbocycles. The second kappa shape index (κ2) is 5.95. The third kappa shape index (κ3) is 2.41. The van der Waals surface area contributed by atoms with E-state index in [1.54, 1.807) is 0 Å². The van der Waals surface area contributed by atoms with Crippen molar-refractivity contribution in [2.75, 3.05) is 32.5 Å². The van der Waals surface area contributed by atoms with Crippen LogP contribution in [0.5, 0.6) is 5.75 Å². The maximum atomic E-state index is 11.8. The molecular weight excluding hydrogens is 306 g/mol. The van der Waals surface area contributed by atoms with Crippen LogP contribution in [0.3, 0.4) is 0 Å². The van der Waals surface area contributed by atoms with Crippen LogP contribution in [-0.2, 0) is 0 Å². The number of benzene rings is 1. The summed E-state index contributed by atoms with van der Waals surface area (Å²) in [5, 5.41) is 11.1. The molecule has 1 aromatic carbocycles. The average Bonchev–Trinajstić information content (AvgIpc) is 2.56. The SMILES string of the molecule is COc1c(C(=O)N[O-])cc(Cl)c(N)c1C1CN2CCC1CC2. The molecular formula is C15H19ClN3O3-. The molecule has 2 bridgehead atoms. The lowest BCUT2D eigenvalue weighted by molar-refractivity contribution is 0.0859. The Labute approximate surface area is 134 Å². The Balaban J connectivity index is 2.13. The number of fused-ring (bicyclic) bond motifs is 3. The Morgan fingerprint density at radius 3 is 2.68 bits per heavy atom. The number of piperidine rings is 3. The molecule has 3 aliphatic rings. The number of anilines is 1. The number of rotatable bonds is 3. The fourth-order valence-corrected chi connectivity index (χ4v) is 3.98. The molecule has 22 heavy (non-hydrogen) atoms. The van der Waals surface area contributed by atoms with Gasteiger partial charge in [-0.25, -0.2) is 0 Å². The van der Waals surface area contributed by atoms with Crippen molar-refractivity contribution in [1.82, 2.24) is 10.4 Å². The molecule has 1 amide bonds. The van der Waals surface area contributed by atoms with Gasteiger partial charge in [-0.05, 0) is 37.9 Å². The van der Waals surface area contributed by atoms with Crippen LogP contribution in [0.2, 0.25) is 5.02 Å². The molecule has 0 aromatic heterocycles. The summed E-state index contributed by atoms with van der Waals surface area (Å²) in [5.41, 5.74) is 8.93. The minimum absolute atomic E-state index is 0.142. The number of nitrogens with two attached hydrogens (primary N) is 1. The summed E-state index contributed by atoms with van der Waals surface area (Å²) in [6.45, 7) is 3.07. The highest BCUT2D eigenvalue weighted by Gasteiger charge is 2.38. The van der Waals surface area contributed by atoms with E-state index in [4.69, 9.17) is 22.1 Å². The van der Waals surface area contributed by atoms with Crippen molar-refractivity contribution in [1.29, 1.82) is 0 Å². The molecule has 3 saturated heterocycles. The number of halogens is 1. The molecule has 7 heteroatoms. The van der Waals surface area contributed by atoms with Crippen molar-refractivity contribution in [3.8, 4) is 5.75 Å². The van der Waals surface area contributed by atoms with Gasteiger partial charge in [-0.3, -0.25) is 4.79 Å². The largest absolute Gasteiger partial charge is 0.759 e. The summed E-state index contributed by atoms with van der Waals surface area (Å²) in [5.74, 6) is 0.285. The molecule has 3 heterocycles. The standard InChI is InChI=1S/C15H19ClN3O3/c1-22-14-9(15(20)18-21)6-11(16)13(17)12(14)10-7-19-4-2-8(10)3-5-19/h6,8,10H,2-5,7H2,1H3,(H3-,17,18,20,21)/q-1. The van der Waals surface area contributed by atoms with E-state index in [0.717, 1.165) is 38.0 Å². The minimum Gasteiger partial charge on any atom is -0.759 e. The average molecular weight is 325 g/mol. The highest BCUT2D eigenvalue weighted by atomic mass is 35.5. The first-order chi connectivity index (χ1) is 10.6. The van der Waals surface area contributed by atoms with Crippen LogP contribution in [-0.4, -0.2) is 37.6 Å². The number of carbonyl (C=O) groups is 1. The quantitative estimate of drug-likeness (QED) is 0.655. The molecule has 3 fully saturated rings. The first kappa shape index (κ1) is 15.4. The van der Waals surface area contributed by atoms with Crippen LogP contribution in [0.1, 0.15) is 34.7 Å². The van der Waals surface area contributed by atoms with Crippen molar-refractivity contribution >= 4 is 23.2 Å². The lowest BCUT2D eigenvalue weighted by Crippen LogP contribution is -2.46. The maximum absolute atomic E-state index is 11.8. The number of amides is 1. The van der Waals surface area contributed by atoms with Gasteiger partial charge in [-0.2, -0.15) is 0 Å². The Morgan fingerprint density at radius 1 is 1.50 bits per heavy atom. The van der Waals surface area contributed by atoms with Crippen LogP contribution < -0.4 is 16.0 Å². The second-order valence-corrected chi connectivity index (χ2v) is 6.35. The van der Waals surface area contributed by atoms with Gasteiger partial charge in [0, 0.05) is 18.0 Å². The molecule has 0 radical (unpaired) electrons. The van der Waals surface area contributed by atoms with E-state index in [0.29, 0.717) is 17.4 Å². The first-order valence-corrected chi connectivity index (χ1v) is 7.75. The number of nitrogens with one attached hydrogen (secondary N) is 1. The Morgan fingerprint density at radius 2 is 2.18 bits per heavy atom. The highest BCUT2D eigenvalue weighted by Crippen LogP contribution is 2.47. The van der Waals surface area contributed by atoms with Crippen LogP contribution in [0.25, 0.3) is 0 Å². The van der Waals surface area contributed by atoms with Crippen molar-refractivity contribution in [3.63, 3.8) is 0 Å². The summed E-state index contributed by atoms with van der Waals surface area (Å²) in [6.07, 6.45) is 2.20. The number of hydrogen-bond donors (Lipinski definition) is 2. The molecule has 0 saturated carbocycles. The van der Waals surface area contributed by atoms with E-state index < -0.39 is 5.91 Å². The van der Waals surface area contributed by atoms with Gasteiger partial charge >= 0.3 is 0 Å². The van der Waals surface area contributed by atoms with Crippen LogP contribution in [0, 0.1) is 11.1 Å². The number of ether oxygens (including phenoxy) is 1. The van der Waals surface area contributed by atoms with Crippen molar-refractivity contribution in [3.05, 3.63) is 27.4 Å². The Bertz CT molecular complexity index is 600. The lowest BCUT2D eigenvalue weighted by atomic mass is 9.74. The zero-order valence-corrected chi connectivity index (χ0v) is 13.2. The van der Waals surface area contributed by atoms with Gasteiger partial charge in [0.15, 0.2) is 0 Å². The molecule has 0 spiro atoms. The van der Waals surface area contributed by atoms with Crippen molar-refractivity contribution in [2.45, 2.75) is 18.8 Å². The highest BCUT2D eigenvalue weighted by molar-refractivity contribution is 6.33. The van der Waals surface area contributed by atoms with Gasteiger partial charge in [0.25, 0.3) is 0 Å². The molecule has 120 valence electrons. The summed E-state index contributed by atoms with van der Waals surface area (Å²) in [4.78, 5) is 14.2. The molecule has 6 nitrogen and oxygen atoms in total. The smallest absolute Gasteiger partial charge is 0.244 e. The van der Waals surface area contributed by atoms with Gasteiger partial charge in [0.05, 0.1) is 23.4 Å². The van der Waals surface area contributed by atoms with Crippen molar-refractivity contribution < 1.29 is 9.53 Å². The van der Waals surface area contributed by atoms with Gasteiger partial charge in [-0.15, -0.1) is 0 Å². The topological polar surface area (TPSA) is 90.6 Å². The van der Waals surface area contributed by atoms with E-state index in [1.807, 2.05) is 0 Å². The molecule has 4 rings (SSSR count). The maximum Gasteiger partial charge on any atom is 0.244 e. The molecule has 1 unspecified atom stereocenters. The zero-order valence-electron chi connectivity index (χ0n) is 12.4. The Kier molecular flexibility index (Phi) is 4.16. The molecule has 1 aromatic rings. The van der Waals surface area contributed by atoms with Crippen molar-refractivity contribution in [2.24, 2.45) is 5.92 Å². The van der Waals surface area contributed by atoms with E-state index >= 15 is 0 Å². The fourth-order valence-electron chi connectivity index (χ4n) is 3.77. The van der Waals surface area contributed by atoms with Gasteiger partial charge in [0.1, 0.15) is 5.75 Å². The number of hydrogen-bond acceptors (Lipinski definition) is 5. The van der Waals surface area contributed by atoms with E-state index in [-0.39, 0.29) is 16.5 Å². The third-order valence-corrected chi connectivity index (χ3v) is 5.19. The van der Waals surface area contributed by atoms with Gasteiger partial charge in [-0.1, -0.05) is 11.6 Å². The van der Waals surface area contributed by atoms with Crippen LogP contribution in [0.15, 0.2) is 6.07 Å². The molecule has 1 atom stereocenters. The second-order valence-electron chi connectivity index (χ2n) is 5.94. The summed E-state index contributed by atoms with van der Waals surface area (Å²) >= 11 is 6.19. The van der Waals surface area contributed by atoms with Gasteiger partial charge in [0.2, 0.25) is 5.91 Å². The summed E-state index contributed by atoms with van der Waals surface area (Å²) in [7, 11) is 1.48. The van der Waals surface area contributed by atoms with Gasteiger partial charge < -0.3 is 26.1 Å². The fraction of sp³-hybridized carbons (Fsp3) is 0.533. The minimum atomic E-state index is -0.763. The number of nitrogen functional groups attached to an aromatic ring is 1. The van der Waals surface area contributed by atoms with E-state index in [9.17, 15) is 10.0 Å². The number of hydroxylamine groups is 1. The van der Waals surface area contributed by atoms with Crippen LogP contribution in [0.4, 0.5) is 5.69 Å². The number of nitrogens with zero attached hydrogens (tertiary/aromatic N) is 1. The predicted octanol–water partition coefficient (Wildman–Crippen LogP) is 1.97. The first-order valence-electron chi connectivity index (χ1n) is 7.37. The predicted molar refractivity (Wildman–Crippen MR) is 85.2 cm³/mol. The number of carbonyl (C=O) groups excluding carboxylic acids is 1. The summed E-state index contributed by atoms with van der Waals surface area (Å²) in [6, 6.07) is 1.40. The van der Waals surface area contributed by atoms with E-state index in [1.165, 1.54) is 18.7 Å². The third-order valence-electron chi connectivity index (χ3n) is 4.88. The normalized spacial score (nSPS) is 26.8. The zero-order chi connectivity index (χ0) is 15.9. The molecule has 3 N–H and O–H groups in total. The van der Waals surface area contributed by atoms with Crippen LogP contribution >= 0.6 is 11.6 Å². The summed E-state index contributed by atoms with van der Waals surface area (Å²) < 4.78 is 5.44. The molecule has 3 aliphatic heterocycles.